The summed E-state index contributed by atoms with van der Waals surface area (Å²) in [5.74, 6) is -0.104. The van der Waals surface area contributed by atoms with Gasteiger partial charge in [0.1, 0.15) is 0 Å². The first-order chi connectivity index (χ1) is 9.16. The van der Waals surface area contributed by atoms with E-state index < -0.39 is 5.91 Å². The number of aromatic nitrogens is 2. The molecule has 0 radical (unpaired) electrons. The normalized spacial score (nSPS) is 23.6. The number of carbonyl (C=O) groups excluding carboxylic acids is 1. The van der Waals surface area contributed by atoms with Crippen LogP contribution in [0.4, 0.5) is 0 Å². The predicted octanol–water partition coefficient (Wildman–Crippen LogP) is 1.58. The Labute approximate surface area is 111 Å². The van der Waals surface area contributed by atoms with Crippen molar-refractivity contribution in [1.29, 1.82) is 0 Å². The minimum atomic E-state index is -0.467. The lowest BCUT2D eigenvalue weighted by Gasteiger charge is -2.28. The molecule has 0 spiro atoms. The van der Waals surface area contributed by atoms with Crippen molar-refractivity contribution in [3.8, 4) is 0 Å². The topological polar surface area (TPSA) is 86.9 Å². The third-order valence-electron chi connectivity index (χ3n) is 3.92. The number of imidazole rings is 1. The standard InChI is InChI=1S/C14H18N4O/c15-9-5-7-10(8-6-9)18-12-4-2-1-3-11(12)17-14(18)13(16)19/h1-4,9-10H,5-8,15H2,(H2,16,19). The van der Waals surface area contributed by atoms with Crippen molar-refractivity contribution in [2.24, 2.45) is 11.5 Å². The highest BCUT2D eigenvalue weighted by molar-refractivity contribution is 5.93. The summed E-state index contributed by atoms with van der Waals surface area (Å²) in [6.45, 7) is 0. The number of rotatable bonds is 2. The van der Waals surface area contributed by atoms with Gasteiger partial charge in [0.05, 0.1) is 11.0 Å². The van der Waals surface area contributed by atoms with Gasteiger partial charge >= 0.3 is 0 Å². The third kappa shape index (κ3) is 2.10. The Morgan fingerprint density at radius 1 is 1.21 bits per heavy atom. The van der Waals surface area contributed by atoms with E-state index in [1.165, 1.54) is 0 Å². The van der Waals surface area contributed by atoms with Crippen LogP contribution in [0.25, 0.3) is 11.0 Å². The minimum absolute atomic E-state index is 0.273. The van der Waals surface area contributed by atoms with Gasteiger partial charge in [0.25, 0.3) is 5.91 Å². The van der Waals surface area contributed by atoms with Crippen LogP contribution < -0.4 is 11.5 Å². The quantitative estimate of drug-likeness (QED) is 0.857. The molecule has 1 aliphatic rings. The van der Waals surface area contributed by atoms with E-state index in [1.807, 2.05) is 28.8 Å². The van der Waals surface area contributed by atoms with Crippen LogP contribution in [0.2, 0.25) is 0 Å². The van der Waals surface area contributed by atoms with E-state index in [9.17, 15) is 4.79 Å². The molecule has 4 N–H and O–H groups in total. The number of carbonyl (C=O) groups is 1. The molecule has 1 heterocycles. The highest BCUT2D eigenvalue weighted by Crippen LogP contribution is 2.31. The Kier molecular flexibility index (Phi) is 2.98. The molecular weight excluding hydrogens is 240 g/mol. The Hall–Kier alpha value is -1.88. The second-order valence-corrected chi connectivity index (χ2v) is 5.23. The second kappa shape index (κ2) is 4.66. The summed E-state index contributed by atoms with van der Waals surface area (Å²) in [5.41, 5.74) is 13.2. The predicted molar refractivity (Wildman–Crippen MR) is 73.7 cm³/mol. The van der Waals surface area contributed by atoms with E-state index in [0.717, 1.165) is 36.7 Å². The number of hydrogen-bond donors (Lipinski definition) is 2. The molecule has 1 aromatic heterocycles. The van der Waals surface area contributed by atoms with E-state index in [1.54, 1.807) is 0 Å². The lowest BCUT2D eigenvalue weighted by molar-refractivity contribution is 0.0983. The van der Waals surface area contributed by atoms with Crippen molar-refractivity contribution in [2.45, 2.75) is 37.8 Å². The molecule has 19 heavy (non-hydrogen) atoms. The van der Waals surface area contributed by atoms with Gasteiger partial charge in [-0.25, -0.2) is 4.98 Å². The Bertz CT molecular complexity index is 611. The summed E-state index contributed by atoms with van der Waals surface area (Å²) < 4.78 is 2.00. The summed E-state index contributed by atoms with van der Waals surface area (Å²) in [6.07, 6.45) is 3.91. The first-order valence-electron chi connectivity index (χ1n) is 6.69. The second-order valence-electron chi connectivity index (χ2n) is 5.23. The summed E-state index contributed by atoms with van der Waals surface area (Å²) in [5, 5.41) is 0. The molecule has 1 aromatic carbocycles. The summed E-state index contributed by atoms with van der Waals surface area (Å²) in [6, 6.07) is 8.33. The smallest absolute Gasteiger partial charge is 0.284 e. The number of para-hydroxylation sites is 2. The molecule has 1 saturated carbocycles. The number of nitrogens with two attached hydrogens (primary N) is 2. The van der Waals surface area contributed by atoms with Crippen molar-refractivity contribution in [2.75, 3.05) is 0 Å². The van der Waals surface area contributed by atoms with Crippen molar-refractivity contribution in [3.63, 3.8) is 0 Å². The highest BCUT2D eigenvalue weighted by atomic mass is 16.1. The maximum absolute atomic E-state index is 11.6. The minimum Gasteiger partial charge on any atom is -0.363 e. The average molecular weight is 258 g/mol. The van der Waals surface area contributed by atoms with E-state index in [4.69, 9.17) is 11.5 Å². The van der Waals surface area contributed by atoms with Crippen LogP contribution in [-0.2, 0) is 0 Å². The first-order valence-corrected chi connectivity index (χ1v) is 6.69. The number of benzene rings is 1. The van der Waals surface area contributed by atoms with Crippen LogP contribution in [-0.4, -0.2) is 21.5 Å². The number of primary amides is 1. The van der Waals surface area contributed by atoms with Gasteiger partial charge in [-0.2, -0.15) is 0 Å². The molecule has 3 rings (SSSR count). The maximum Gasteiger partial charge on any atom is 0.284 e. The van der Waals surface area contributed by atoms with Crippen molar-refractivity contribution in [1.82, 2.24) is 9.55 Å². The lowest BCUT2D eigenvalue weighted by Crippen LogP contribution is -2.29. The Morgan fingerprint density at radius 3 is 2.58 bits per heavy atom. The molecule has 0 bridgehead atoms. The zero-order valence-corrected chi connectivity index (χ0v) is 10.7. The van der Waals surface area contributed by atoms with Gasteiger partial charge in [0, 0.05) is 12.1 Å². The van der Waals surface area contributed by atoms with Crippen LogP contribution in [0.1, 0.15) is 42.3 Å². The number of amides is 1. The average Bonchev–Trinajstić information content (AvgIpc) is 2.79. The molecule has 2 aromatic rings. The van der Waals surface area contributed by atoms with Crippen LogP contribution in [0, 0.1) is 0 Å². The first kappa shape index (κ1) is 12.2. The largest absolute Gasteiger partial charge is 0.363 e. The maximum atomic E-state index is 11.6. The molecule has 100 valence electrons. The van der Waals surface area contributed by atoms with Crippen LogP contribution >= 0.6 is 0 Å². The molecule has 1 fully saturated rings. The molecule has 1 amide bonds. The molecule has 0 saturated heterocycles. The van der Waals surface area contributed by atoms with Gasteiger partial charge in [-0.15, -0.1) is 0 Å². The van der Waals surface area contributed by atoms with Crippen LogP contribution in [0.3, 0.4) is 0 Å². The van der Waals surface area contributed by atoms with Crippen molar-refractivity contribution in [3.05, 3.63) is 30.1 Å². The summed E-state index contributed by atoms with van der Waals surface area (Å²) in [7, 11) is 0. The Balaban J connectivity index is 2.09. The fourth-order valence-corrected chi connectivity index (χ4v) is 2.95. The number of hydrogen-bond acceptors (Lipinski definition) is 3. The number of fused-ring (bicyclic) bond motifs is 1. The zero-order chi connectivity index (χ0) is 13.4. The molecule has 1 aliphatic carbocycles. The fraction of sp³-hybridized carbons (Fsp3) is 0.429. The van der Waals surface area contributed by atoms with Gasteiger partial charge in [-0.3, -0.25) is 4.79 Å². The SMILES string of the molecule is NC(=O)c1nc2ccccc2n1C1CCC(N)CC1. The van der Waals surface area contributed by atoms with Gasteiger partial charge in [-0.05, 0) is 37.8 Å². The molecular formula is C14H18N4O. The molecule has 5 heteroatoms. The Morgan fingerprint density at radius 2 is 1.89 bits per heavy atom. The van der Waals surface area contributed by atoms with E-state index >= 15 is 0 Å². The van der Waals surface area contributed by atoms with Gasteiger partial charge < -0.3 is 16.0 Å². The van der Waals surface area contributed by atoms with Gasteiger partial charge in [-0.1, -0.05) is 12.1 Å². The summed E-state index contributed by atoms with van der Waals surface area (Å²) >= 11 is 0. The molecule has 0 aliphatic heterocycles. The van der Waals surface area contributed by atoms with E-state index in [0.29, 0.717) is 5.82 Å². The van der Waals surface area contributed by atoms with Gasteiger partial charge in [0.15, 0.2) is 5.82 Å². The molecule has 0 unspecified atom stereocenters. The molecule has 5 nitrogen and oxygen atoms in total. The van der Waals surface area contributed by atoms with E-state index in [-0.39, 0.29) is 12.1 Å². The highest BCUT2D eigenvalue weighted by Gasteiger charge is 2.25. The molecule has 0 atom stereocenters. The number of nitrogens with zero attached hydrogens (tertiary/aromatic N) is 2. The van der Waals surface area contributed by atoms with Gasteiger partial charge in [0.2, 0.25) is 0 Å². The third-order valence-corrected chi connectivity index (χ3v) is 3.92. The zero-order valence-electron chi connectivity index (χ0n) is 10.7. The monoisotopic (exact) mass is 258 g/mol. The van der Waals surface area contributed by atoms with Crippen molar-refractivity contribution < 1.29 is 4.79 Å². The van der Waals surface area contributed by atoms with Crippen LogP contribution in [0.5, 0.6) is 0 Å². The fourth-order valence-electron chi connectivity index (χ4n) is 2.95. The van der Waals surface area contributed by atoms with Crippen molar-refractivity contribution >= 4 is 16.9 Å². The lowest BCUT2D eigenvalue weighted by atomic mass is 9.91. The summed E-state index contributed by atoms with van der Waals surface area (Å²) in [4.78, 5) is 16.0. The van der Waals surface area contributed by atoms with Crippen LogP contribution in [0.15, 0.2) is 24.3 Å². The van der Waals surface area contributed by atoms with E-state index in [2.05, 4.69) is 4.98 Å².